The number of aliphatic hydroxyl groups is 1. The van der Waals surface area contributed by atoms with E-state index in [1.54, 1.807) is 11.9 Å². The molecule has 1 unspecified atom stereocenters. The third-order valence-electron chi connectivity index (χ3n) is 19.9. The summed E-state index contributed by atoms with van der Waals surface area (Å²) in [4.78, 5) is 64.7. The minimum Gasteiger partial charge on any atom is -0.446 e. The summed E-state index contributed by atoms with van der Waals surface area (Å²) in [5.74, 6) is -1.63. The number of halogens is 7. The summed E-state index contributed by atoms with van der Waals surface area (Å²) in [6, 6.07) is 40.0. The number of fused-ring (bicyclic) bond motifs is 2. The van der Waals surface area contributed by atoms with E-state index in [-0.39, 0.29) is 49.7 Å². The summed E-state index contributed by atoms with van der Waals surface area (Å²) in [6.07, 6.45) is -3.94. The van der Waals surface area contributed by atoms with E-state index in [0.717, 1.165) is 97.5 Å². The maximum absolute atomic E-state index is 14.2. The van der Waals surface area contributed by atoms with Gasteiger partial charge in [-0.25, -0.2) is 9.18 Å². The van der Waals surface area contributed by atoms with E-state index in [1.807, 2.05) is 103 Å². The Morgan fingerprint density at radius 2 is 1.35 bits per heavy atom. The minimum absolute atomic E-state index is 0.0255. The number of amides is 4. The molecule has 10 rings (SSSR count). The Bertz CT molecular complexity index is 3570. The van der Waals surface area contributed by atoms with E-state index in [2.05, 4.69) is 39.2 Å². The van der Waals surface area contributed by atoms with Gasteiger partial charge in [-0.3, -0.25) is 19.7 Å². The Balaban J connectivity index is 0.603. The van der Waals surface area contributed by atoms with Crippen LogP contribution in [0.25, 0.3) is 11.1 Å². The molecule has 0 bridgehead atoms. The molecule has 4 amide bonds. The topological polar surface area (TPSA) is 148 Å². The van der Waals surface area contributed by atoms with Crippen LogP contribution in [-0.2, 0) is 60.1 Å². The van der Waals surface area contributed by atoms with E-state index >= 15 is 0 Å². The molecule has 15 nitrogen and oxygen atoms in total. The van der Waals surface area contributed by atoms with Crippen molar-refractivity contribution in [1.29, 1.82) is 0 Å². The fraction of sp³-hybridized carbons (Fsp3) is 0.467. The molecule has 97 heavy (non-hydrogen) atoms. The molecular weight excluding hydrogens is 1260 g/mol. The fourth-order valence-corrected chi connectivity index (χ4v) is 14.1. The molecule has 4 aliphatic rings. The van der Waals surface area contributed by atoms with Crippen molar-refractivity contribution >= 4 is 29.5 Å². The lowest BCUT2D eigenvalue weighted by Gasteiger charge is -2.44. The molecule has 6 aromatic rings. The first-order valence-electron chi connectivity index (χ1n) is 33.6. The Morgan fingerprint density at radius 3 is 2.05 bits per heavy atom. The Morgan fingerprint density at radius 1 is 0.701 bits per heavy atom. The van der Waals surface area contributed by atoms with Crippen LogP contribution in [0.3, 0.4) is 0 Å². The van der Waals surface area contributed by atoms with E-state index < -0.39 is 70.7 Å². The largest absolute Gasteiger partial charge is 0.446 e. The number of piperidine rings is 2. The third kappa shape index (κ3) is 18.7. The molecule has 2 N–H and O–H groups in total. The number of rotatable bonds is 27. The van der Waals surface area contributed by atoms with Gasteiger partial charge in [-0.1, -0.05) is 116 Å². The number of hydrogen-bond acceptors (Lipinski definition) is 11. The van der Waals surface area contributed by atoms with E-state index in [9.17, 15) is 55.0 Å². The van der Waals surface area contributed by atoms with Crippen LogP contribution in [-0.4, -0.2) is 170 Å². The second-order valence-corrected chi connectivity index (χ2v) is 26.5. The first kappa shape index (κ1) is 72.0. The molecule has 3 aliphatic heterocycles. The van der Waals surface area contributed by atoms with E-state index in [4.69, 9.17) is 14.2 Å². The smallest absolute Gasteiger partial charge is 0.416 e. The van der Waals surface area contributed by atoms with Crippen molar-refractivity contribution in [3.63, 3.8) is 0 Å². The molecule has 22 heteroatoms. The third-order valence-corrected chi connectivity index (χ3v) is 19.9. The molecule has 0 radical (unpaired) electrons. The highest BCUT2D eigenvalue weighted by Gasteiger charge is 2.50. The van der Waals surface area contributed by atoms with Gasteiger partial charge in [-0.2, -0.15) is 26.3 Å². The van der Waals surface area contributed by atoms with Crippen molar-refractivity contribution in [2.24, 2.45) is 0 Å². The molecule has 1 aliphatic carbocycles. The number of para-hydroxylation sites is 1. The van der Waals surface area contributed by atoms with Crippen molar-refractivity contribution in [3.05, 3.63) is 196 Å². The number of aliphatic hydroxyl groups excluding tert-OH is 1. The number of carbonyl (C=O) groups is 4. The zero-order valence-electron chi connectivity index (χ0n) is 55.4. The van der Waals surface area contributed by atoms with Gasteiger partial charge in [0.25, 0.3) is 5.91 Å². The van der Waals surface area contributed by atoms with Crippen molar-refractivity contribution < 1.29 is 69.2 Å². The second-order valence-electron chi connectivity index (χ2n) is 26.5. The molecular formula is C75H88F7N7O8. The monoisotopic (exact) mass is 1350 g/mol. The maximum Gasteiger partial charge on any atom is 0.416 e. The number of anilines is 1. The van der Waals surface area contributed by atoms with Gasteiger partial charge in [-0.05, 0) is 161 Å². The highest BCUT2D eigenvalue weighted by molar-refractivity contribution is 5.95. The lowest BCUT2D eigenvalue weighted by Crippen LogP contribution is -2.50. The molecule has 1 spiro atoms. The van der Waals surface area contributed by atoms with Crippen LogP contribution in [0, 0.1) is 5.82 Å². The first-order valence-corrected chi connectivity index (χ1v) is 33.6. The van der Waals surface area contributed by atoms with Gasteiger partial charge in [0.05, 0.1) is 35.6 Å². The summed E-state index contributed by atoms with van der Waals surface area (Å²) >= 11 is 0. The number of alkyl halides is 6. The Kier molecular flexibility index (Phi) is 24.0. The zero-order valence-corrected chi connectivity index (χ0v) is 55.4. The molecule has 520 valence electrons. The first-order chi connectivity index (χ1) is 46.4. The lowest BCUT2D eigenvalue weighted by molar-refractivity contribution is -0.143. The average Bonchev–Trinajstić information content (AvgIpc) is 1.60. The van der Waals surface area contributed by atoms with Crippen LogP contribution >= 0.6 is 0 Å². The van der Waals surface area contributed by atoms with Crippen molar-refractivity contribution in [2.75, 3.05) is 105 Å². The van der Waals surface area contributed by atoms with Gasteiger partial charge in [-0.15, -0.1) is 0 Å². The number of benzene rings is 6. The number of nitrogens with one attached hydrogen (secondary N) is 1. The second kappa shape index (κ2) is 32.3. The zero-order chi connectivity index (χ0) is 68.9. The SMILES string of the molecule is CN(CCCCCC(=O)N(C)CCN1CCC(OC(=O)Nc2ccccc2-c2ccccc2)CC1)Cc1ccc(C(O)CCCN(C)C(=O)CO[C@H]2Cc3ccccc3C23CCN(CC[C@@]2(c4ccc(F)cc4)CN(C(=O)c4cc(C(F)(F)F)cc(C(F)(F)F)c4)CO2)CC3)cc1. The quantitative estimate of drug-likeness (QED) is 0.0375. The van der Waals surface area contributed by atoms with Crippen LogP contribution in [0.15, 0.2) is 146 Å². The van der Waals surface area contributed by atoms with Crippen molar-refractivity contribution in [2.45, 2.75) is 125 Å². The molecule has 6 aromatic carbocycles. The summed E-state index contributed by atoms with van der Waals surface area (Å²) < 4.78 is 116. The predicted molar refractivity (Wildman–Crippen MR) is 356 cm³/mol. The minimum atomic E-state index is -5.15. The number of nitrogens with zero attached hydrogens (tertiary/aromatic N) is 6. The molecule has 3 saturated heterocycles. The van der Waals surface area contributed by atoms with Gasteiger partial charge in [0.2, 0.25) is 11.8 Å². The molecule has 3 heterocycles. The van der Waals surface area contributed by atoms with Crippen molar-refractivity contribution in [1.82, 2.24) is 29.4 Å². The summed E-state index contributed by atoms with van der Waals surface area (Å²) in [5.41, 5.74) is 1.75. The Hall–Kier alpha value is -7.73. The van der Waals surface area contributed by atoms with Gasteiger partial charge in [0, 0.05) is 82.9 Å². The highest BCUT2D eigenvalue weighted by atomic mass is 19.4. The van der Waals surface area contributed by atoms with Crippen LogP contribution in [0.5, 0.6) is 0 Å². The summed E-state index contributed by atoms with van der Waals surface area (Å²) in [6.45, 7) is 5.94. The number of unbranched alkanes of at least 4 members (excludes halogenated alkanes) is 2. The highest BCUT2D eigenvalue weighted by Crippen LogP contribution is 2.49. The predicted octanol–water partition coefficient (Wildman–Crippen LogP) is 13.4. The number of ether oxygens (including phenoxy) is 3. The molecule has 0 saturated carbocycles. The van der Waals surface area contributed by atoms with E-state index in [1.165, 1.54) is 29.8 Å². The fourth-order valence-electron chi connectivity index (χ4n) is 14.1. The average molecular weight is 1350 g/mol. The summed E-state index contributed by atoms with van der Waals surface area (Å²) in [7, 11) is 5.68. The van der Waals surface area contributed by atoms with Gasteiger partial charge >= 0.3 is 18.4 Å². The van der Waals surface area contributed by atoms with Crippen LogP contribution in [0.1, 0.15) is 126 Å². The lowest BCUT2D eigenvalue weighted by atomic mass is 9.72. The van der Waals surface area contributed by atoms with Gasteiger partial charge in [0.1, 0.15) is 30.9 Å². The number of carbonyl (C=O) groups excluding carboxylic acids is 4. The Labute approximate surface area is 563 Å². The molecule has 0 aromatic heterocycles. The van der Waals surface area contributed by atoms with Crippen LogP contribution in [0.4, 0.5) is 41.2 Å². The normalized spacial score (nSPS) is 18.7. The van der Waals surface area contributed by atoms with Gasteiger partial charge < -0.3 is 48.7 Å². The van der Waals surface area contributed by atoms with Crippen LogP contribution in [0.2, 0.25) is 0 Å². The molecule has 3 fully saturated rings. The maximum atomic E-state index is 14.2. The van der Waals surface area contributed by atoms with Crippen LogP contribution < -0.4 is 5.32 Å². The number of likely N-dealkylation sites (N-methyl/N-ethyl adjacent to an activating group) is 2. The van der Waals surface area contributed by atoms with Crippen molar-refractivity contribution in [3.8, 4) is 11.1 Å². The standard InChI is InChI=1S/C75H88F7N7O8/c1-84(36-13-5-8-22-68(91)86(3)43-44-87-38-31-62(32-39-87)97-71(94)83-65-20-12-10-18-63(65)54-15-6-4-7-16-54)49-53-23-25-55(26-24-53)66(90)21-14-37-85(2)69(92)50-95-67-47-56-17-9-11-19-64(56)72(67)33-40-88(41-34-72)42-35-73(58-27-29-61(76)30-28-58)51-89(52-96-73)70(93)57-45-59(74(77,78)79)48-60(46-57)75(80,81)82/h4,6-7,9-12,15-20,23-30,45-46,48,62,66-67,90H,5,8,13-14,21-22,31-44,47,49-52H2,1-3H3,(H,83,94)/t66?,67-,73-/m0/s1. The molecule has 3 atom stereocenters. The number of hydrogen-bond donors (Lipinski definition) is 2. The summed E-state index contributed by atoms with van der Waals surface area (Å²) in [5, 5.41) is 14.1. The number of likely N-dealkylation sites (tertiary alicyclic amines) is 2. The van der Waals surface area contributed by atoms with E-state index in [0.29, 0.717) is 94.6 Å². The van der Waals surface area contributed by atoms with Gasteiger partial charge in [0.15, 0.2) is 0 Å².